The van der Waals surface area contributed by atoms with E-state index < -0.39 is 0 Å². The molecular weight excluding hydrogens is 268 g/mol. The quantitative estimate of drug-likeness (QED) is 0.830. The Morgan fingerprint density at radius 2 is 2.12 bits per heavy atom. The molecular formula is C13H17BrO2. The van der Waals surface area contributed by atoms with E-state index in [4.69, 9.17) is 4.74 Å². The zero-order valence-corrected chi connectivity index (χ0v) is 11.5. The van der Waals surface area contributed by atoms with Crippen LogP contribution >= 0.6 is 15.9 Å². The Kier molecular flexibility index (Phi) is 5.16. The van der Waals surface area contributed by atoms with E-state index >= 15 is 0 Å². The zero-order chi connectivity index (χ0) is 12.1. The Morgan fingerprint density at radius 1 is 1.44 bits per heavy atom. The molecule has 0 spiro atoms. The van der Waals surface area contributed by atoms with Crippen LogP contribution in [0.3, 0.4) is 0 Å². The van der Waals surface area contributed by atoms with Gasteiger partial charge >= 0.3 is 0 Å². The first kappa shape index (κ1) is 13.4. The van der Waals surface area contributed by atoms with Crippen LogP contribution in [-0.2, 0) is 16.0 Å². The predicted molar refractivity (Wildman–Crippen MR) is 68.5 cm³/mol. The lowest BCUT2D eigenvalue weighted by atomic mass is 9.98. The Morgan fingerprint density at radius 3 is 2.62 bits per heavy atom. The van der Waals surface area contributed by atoms with Crippen LogP contribution in [0.15, 0.2) is 28.7 Å². The molecule has 1 rings (SSSR count). The molecule has 0 aromatic heterocycles. The van der Waals surface area contributed by atoms with Gasteiger partial charge in [-0.15, -0.1) is 0 Å². The van der Waals surface area contributed by atoms with E-state index in [2.05, 4.69) is 15.9 Å². The van der Waals surface area contributed by atoms with Gasteiger partial charge in [0.15, 0.2) is 5.78 Å². The summed E-state index contributed by atoms with van der Waals surface area (Å²) < 4.78 is 6.21. The SMILES string of the molecule is COC(C(=O)Cc1cccc(Br)c1)C(C)C. The number of ketones is 1. The van der Waals surface area contributed by atoms with Gasteiger partial charge in [0.1, 0.15) is 6.10 Å². The van der Waals surface area contributed by atoms with Gasteiger partial charge in [0, 0.05) is 18.0 Å². The summed E-state index contributed by atoms with van der Waals surface area (Å²) in [4.78, 5) is 12.0. The van der Waals surface area contributed by atoms with Crippen LogP contribution in [0.4, 0.5) is 0 Å². The van der Waals surface area contributed by atoms with Crippen LogP contribution in [0.25, 0.3) is 0 Å². The van der Waals surface area contributed by atoms with Gasteiger partial charge in [0.25, 0.3) is 0 Å². The molecule has 16 heavy (non-hydrogen) atoms. The molecule has 1 aromatic rings. The van der Waals surface area contributed by atoms with E-state index in [0.29, 0.717) is 6.42 Å². The van der Waals surface area contributed by atoms with E-state index in [1.54, 1.807) is 7.11 Å². The van der Waals surface area contributed by atoms with Crippen molar-refractivity contribution in [1.82, 2.24) is 0 Å². The highest BCUT2D eigenvalue weighted by Gasteiger charge is 2.21. The van der Waals surface area contributed by atoms with E-state index in [-0.39, 0.29) is 17.8 Å². The fourth-order valence-electron chi connectivity index (χ4n) is 1.72. The van der Waals surface area contributed by atoms with Crippen molar-refractivity contribution >= 4 is 21.7 Å². The van der Waals surface area contributed by atoms with Gasteiger partial charge in [-0.3, -0.25) is 4.79 Å². The topological polar surface area (TPSA) is 26.3 Å². The van der Waals surface area contributed by atoms with E-state index in [1.807, 2.05) is 38.1 Å². The summed E-state index contributed by atoms with van der Waals surface area (Å²) in [5, 5.41) is 0. The third-order valence-corrected chi connectivity index (χ3v) is 2.94. The average Bonchev–Trinajstić information content (AvgIpc) is 2.17. The fraction of sp³-hybridized carbons (Fsp3) is 0.462. The Labute approximate surface area is 105 Å². The van der Waals surface area contributed by atoms with Crippen LogP contribution in [0.1, 0.15) is 19.4 Å². The smallest absolute Gasteiger partial charge is 0.166 e. The van der Waals surface area contributed by atoms with Gasteiger partial charge in [-0.05, 0) is 23.6 Å². The molecule has 0 aliphatic carbocycles. The predicted octanol–water partition coefficient (Wildman–Crippen LogP) is 3.23. The molecule has 0 fully saturated rings. The van der Waals surface area contributed by atoms with Crippen molar-refractivity contribution in [1.29, 1.82) is 0 Å². The monoisotopic (exact) mass is 284 g/mol. The van der Waals surface area contributed by atoms with E-state index in [9.17, 15) is 4.79 Å². The van der Waals surface area contributed by atoms with Crippen molar-refractivity contribution in [3.63, 3.8) is 0 Å². The molecule has 2 nitrogen and oxygen atoms in total. The second-order valence-electron chi connectivity index (χ2n) is 4.17. The molecule has 1 aromatic carbocycles. The number of benzene rings is 1. The second-order valence-corrected chi connectivity index (χ2v) is 5.09. The van der Waals surface area contributed by atoms with Gasteiger partial charge in [-0.1, -0.05) is 41.9 Å². The number of ether oxygens (including phenoxy) is 1. The van der Waals surface area contributed by atoms with Crippen molar-refractivity contribution in [2.24, 2.45) is 5.92 Å². The fourth-order valence-corrected chi connectivity index (χ4v) is 2.17. The molecule has 0 radical (unpaired) electrons. The van der Waals surface area contributed by atoms with Crippen molar-refractivity contribution < 1.29 is 9.53 Å². The highest BCUT2D eigenvalue weighted by molar-refractivity contribution is 9.10. The lowest BCUT2D eigenvalue weighted by molar-refractivity contribution is -0.130. The molecule has 0 heterocycles. The van der Waals surface area contributed by atoms with Crippen LogP contribution < -0.4 is 0 Å². The Hall–Kier alpha value is -0.670. The first-order valence-electron chi connectivity index (χ1n) is 5.34. The minimum atomic E-state index is -0.306. The molecule has 3 heteroatoms. The minimum Gasteiger partial charge on any atom is -0.373 e. The second kappa shape index (κ2) is 6.16. The van der Waals surface area contributed by atoms with Gasteiger partial charge < -0.3 is 4.74 Å². The molecule has 0 saturated carbocycles. The maximum absolute atomic E-state index is 12.0. The third kappa shape index (κ3) is 3.72. The van der Waals surface area contributed by atoms with Gasteiger partial charge in [-0.25, -0.2) is 0 Å². The summed E-state index contributed by atoms with van der Waals surface area (Å²) in [6.07, 6.45) is 0.120. The summed E-state index contributed by atoms with van der Waals surface area (Å²) in [5.41, 5.74) is 1.02. The van der Waals surface area contributed by atoms with Crippen molar-refractivity contribution in [2.45, 2.75) is 26.4 Å². The van der Waals surface area contributed by atoms with Gasteiger partial charge in [0.2, 0.25) is 0 Å². The molecule has 0 aliphatic rings. The summed E-state index contributed by atoms with van der Waals surface area (Å²) in [7, 11) is 1.59. The molecule has 1 atom stereocenters. The first-order chi connectivity index (χ1) is 7.54. The number of Topliss-reactive ketones (excluding diaryl/α,β-unsaturated/α-hetero) is 1. The van der Waals surface area contributed by atoms with Crippen LogP contribution in [0, 0.1) is 5.92 Å². The molecule has 0 bridgehead atoms. The molecule has 0 saturated heterocycles. The summed E-state index contributed by atoms with van der Waals surface area (Å²) in [5.74, 6) is 0.347. The standard InChI is InChI=1S/C13H17BrO2/c1-9(2)13(16-3)12(15)8-10-5-4-6-11(14)7-10/h4-7,9,13H,8H2,1-3H3. The number of carbonyl (C=O) groups excluding carboxylic acids is 1. The number of halogens is 1. The Balaban J connectivity index is 2.70. The number of methoxy groups -OCH3 is 1. The van der Waals surface area contributed by atoms with Crippen molar-refractivity contribution in [3.05, 3.63) is 34.3 Å². The molecule has 88 valence electrons. The van der Waals surface area contributed by atoms with Crippen LogP contribution in [-0.4, -0.2) is 19.0 Å². The zero-order valence-electron chi connectivity index (χ0n) is 9.87. The Bertz CT molecular complexity index is 361. The third-order valence-electron chi connectivity index (χ3n) is 2.44. The number of hydrogen-bond donors (Lipinski definition) is 0. The number of rotatable bonds is 5. The number of carbonyl (C=O) groups is 1. The van der Waals surface area contributed by atoms with Crippen LogP contribution in [0.5, 0.6) is 0 Å². The molecule has 1 unspecified atom stereocenters. The minimum absolute atomic E-state index is 0.135. The van der Waals surface area contributed by atoms with Gasteiger partial charge in [-0.2, -0.15) is 0 Å². The summed E-state index contributed by atoms with van der Waals surface area (Å²) >= 11 is 3.39. The lowest BCUT2D eigenvalue weighted by Gasteiger charge is -2.17. The van der Waals surface area contributed by atoms with Gasteiger partial charge in [0.05, 0.1) is 0 Å². The largest absolute Gasteiger partial charge is 0.373 e. The van der Waals surface area contributed by atoms with Crippen molar-refractivity contribution in [2.75, 3.05) is 7.11 Å². The first-order valence-corrected chi connectivity index (χ1v) is 6.14. The molecule has 0 aliphatic heterocycles. The summed E-state index contributed by atoms with van der Waals surface area (Å²) in [6.45, 7) is 3.99. The van der Waals surface area contributed by atoms with Crippen LogP contribution in [0.2, 0.25) is 0 Å². The van der Waals surface area contributed by atoms with Crippen molar-refractivity contribution in [3.8, 4) is 0 Å². The highest BCUT2D eigenvalue weighted by Crippen LogP contribution is 2.15. The van der Waals surface area contributed by atoms with E-state index in [1.165, 1.54) is 0 Å². The molecule has 0 N–H and O–H groups in total. The van der Waals surface area contributed by atoms with E-state index in [0.717, 1.165) is 10.0 Å². The molecule has 0 amide bonds. The average molecular weight is 285 g/mol. The highest BCUT2D eigenvalue weighted by atomic mass is 79.9. The normalized spacial score (nSPS) is 12.8. The lowest BCUT2D eigenvalue weighted by Crippen LogP contribution is -2.29. The number of hydrogen-bond acceptors (Lipinski definition) is 2. The maximum Gasteiger partial charge on any atom is 0.166 e. The maximum atomic E-state index is 12.0. The summed E-state index contributed by atoms with van der Waals surface area (Å²) in [6, 6.07) is 7.80.